The summed E-state index contributed by atoms with van der Waals surface area (Å²) in [6.07, 6.45) is 1.63. The van der Waals surface area contributed by atoms with Crippen molar-refractivity contribution in [3.05, 3.63) is 18.0 Å². The molecule has 5 heteroatoms. The van der Waals surface area contributed by atoms with Gasteiger partial charge in [0.2, 0.25) is 0 Å². The Morgan fingerprint density at radius 1 is 1.38 bits per heavy atom. The molecule has 0 radical (unpaired) electrons. The highest BCUT2D eigenvalue weighted by molar-refractivity contribution is 4.98. The molecule has 1 aromatic heterocycles. The fourth-order valence-electron chi connectivity index (χ4n) is 1.43. The summed E-state index contributed by atoms with van der Waals surface area (Å²) in [6, 6.07) is 1.99. The molecule has 0 aromatic carbocycles. The molecule has 16 heavy (non-hydrogen) atoms. The highest BCUT2D eigenvalue weighted by atomic mass is 16.7. The summed E-state index contributed by atoms with van der Waals surface area (Å²) >= 11 is 0. The third kappa shape index (κ3) is 4.30. The second-order valence-electron chi connectivity index (χ2n) is 3.42. The molecule has 0 bridgehead atoms. The van der Waals surface area contributed by atoms with Crippen LogP contribution in [0.1, 0.15) is 19.5 Å². The Bertz CT molecular complexity index is 283. The van der Waals surface area contributed by atoms with Crippen molar-refractivity contribution >= 4 is 0 Å². The molecule has 0 aliphatic rings. The van der Waals surface area contributed by atoms with Crippen molar-refractivity contribution in [1.82, 2.24) is 15.1 Å². The van der Waals surface area contributed by atoms with E-state index in [-0.39, 0.29) is 6.29 Å². The minimum Gasteiger partial charge on any atom is -0.352 e. The summed E-state index contributed by atoms with van der Waals surface area (Å²) in [5.41, 5.74) is 1.15. The Labute approximate surface area is 96.7 Å². The summed E-state index contributed by atoms with van der Waals surface area (Å²) in [5.74, 6) is 0. The summed E-state index contributed by atoms with van der Waals surface area (Å²) < 4.78 is 12.7. The lowest BCUT2D eigenvalue weighted by molar-refractivity contribution is -0.133. The SMILES string of the molecule is CCOC(CNCc1ccnn1C)OCC. The monoisotopic (exact) mass is 227 g/mol. The first-order valence-electron chi connectivity index (χ1n) is 5.68. The van der Waals surface area contributed by atoms with Crippen LogP contribution in [0.5, 0.6) is 0 Å². The second-order valence-corrected chi connectivity index (χ2v) is 3.42. The van der Waals surface area contributed by atoms with Crippen LogP contribution in [0, 0.1) is 0 Å². The van der Waals surface area contributed by atoms with Crippen LogP contribution in [0.4, 0.5) is 0 Å². The summed E-state index contributed by atoms with van der Waals surface area (Å²) in [5, 5.41) is 7.39. The summed E-state index contributed by atoms with van der Waals surface area (Å²) in [4.78, 5) is 0. The lowest BCUT2D eigenvalue weighted by Crippen LogP contribution is -2.31. The molecule has 1 rings (SSSR count). The van der Waals surface area contributed by atoms with Gasteiger partial charge < -0.3 is 14.8 Å². The number of ether oxygens (including phenoxy) is 2. The fraction of sp³-hybridized carbons (Fsp3) is 0.727. The van der Waals surface area contributed by atoms with Crippen molar-refractivity contribution in [2.75, 3.05) is 19.8 Å². The van der Waals surface area contributed by atoms with E-state index in [2.05, 4.69) is 10.4 Å². The molecule has 0 amide bonds. The predicted molar refractivity (Wildman–Crippen MR) is 62.0 cm³/mol. The molecule has 1 heterocycles. The standard InChI is InChI=1S/C11H21N3O2/c1-4-15-11(16-5-2)9-12-8-10-6-7-13-14(10)3/h6-7,11-12H,4-5,8-9H2,1-3H3. The molecule has 1 N–H and O–H groups in total. The van der Waals surface area contributed by atoms with Crippen LogP contribution in [0.15, 0.2) is 12.3 Å². The molecule has 0 fully saturated rings. The van der Waals surface area contributed by atoms with Crippen molar-refractivity contribution in [3.63, 3.8) is 0 Å². The van der Waals surface area contributed by atoms with Crippen LogP contribution < -0.4 is 5.32 Å². The average Bonchev–Trinajstić information content (AvgIpc) is 2.65. The van der Waals surface area contributed by atoms with E-state index >= 15 is 0 Å². The van der Waals surface area contributed by atoms with Crippen molar-refractivity contribution in [1.29, 1.82) is 0 Å². The summed E-state index contributed by atoms with van der Waals surface area (Å²) in [7, 11) is 1.93. The largest absolute Gasteiger partial charge is 0.352 e. The van der Waals surface area contributed by atoms with Gasteiger partial charge in [-0.1, -0.05) is 0 Å². The maximum atomic E-state index is 5.42. The molecule has 0 saturated heterocycles. The molecule has 0 atom stereocenters. The van der Waals surface area contributed by atoms with E-state index in [0.717, 1.165) is 12.2 Å². The van der Waals surface area contributed by atoms with Crippen molar-refractivity contribution in [2.45, 2.75) is 26.7 Å². The fourth-order valence-corrected chi connectivity index (χ4v) is 1.43. The summed E-state index contributed by atoms with van der Waals surface area (Å²) in [6.45, 7) is 6.72. The number of aryl methyl sites for hydroxylation is 1. The van der Waals surface area contributed by atoms with Gasteiger partial charge in [0, 0.05) is 39.5 Å². The van der Waals surface area contributed by atoms with E-state index in [1.54, 1.807) is 6.20 Å². The van der Waals surface area contributed by atoms with Gasteiger partial charge in [-0.3, -0.25) is 4.68 Å². The molecular weight excluding hydrogens is 206 g/mol. The zero-order valence-corrected chi connectivity index (χ0v) is 10.3. The number of nitrogens with one attached hydrogen (secondary N) is 1. The van der Waals surface area contributed by atoms with Crippen LogP contribution >= 0.6 is 0 Å². The predicted octanol–water partition coefficient (Wildman–Crippen LogP) is 0.909. The normalized spacial score (nSPS) is 11.2. The lowest BCUT2D eigenvalue weighted by atomic mass is 10.4. The average molecular weight is 227 g/mol. The minimum absolute atomic E-state index is 0.164. The van der Waals surface area contributed by atoms with Crippen LogP contribution in [0.2, 0.25) is 0 Å². The zero-order valence-electron chi connectivity index (χ0n) is 10.3. The van der Waals surface area contributed by atoms with Gasteiger partial charge in [-0.25, -0.2) is 0 Å². The van der Waals surface area contributed by atoms with E-state index in [4.69, 9.17) is 9.47 Å². The Morgan fingerprint density at radius 2 is 2.06 bits per heavy atom. The molecule has 92 valence electrons. The van der Waals surface area contributed by atoms with Crippen LogP contribution in [0.25, 0.3) is 0 Å². The lowest BCUT2D eigenvalue weighted by Gasteiger charge is -2.17. The molecule has 0 unspecified atom stereocenters. The van der Waals surface area contributed by atoms with Gasteiger partial charge in [0.25, 0.3) is 0 Å². The Kier molecular flexibility index (Phi) is 6.07. The second kappa shape index (κ2) is 7.38. The first kappa shape index (κ1) is 13.2. The molecule has 0 spiro atoms. The smallest absolute Gasteiger partial charge is 0.169 e. The maximum absolute atomic E-state index is 5.42. The van der Waals surface area contributed by atoms with Crippen LogP contribution in [-0.2, 0) is 23.1 Å². The first-order valence-corrected chi connectivity index (χ1v) is 5.68. The molecule has 5 nitrogen and oxygen atoms in total. The van der Waals surface area contributed by atoms with Gasteiger partial charge in [-0.15, -0.1) is 0 Å². The molecule has 1 aromatic rings. The maximum Gasteiger partial charge on any atom is 0.169 e. The van der Waals surface area contributed by atoms with Crippen LogP contribution in [0.3, 0.4) is 0 Å². The van der Waals surface area contributed by atoms with Crippen molar-refractivity contribution in [3.8, 4) is 0 Å². The number of hydrogen-bond donors (Lipinski definition) is 1. The van der Waals surface area contributed by atoms with Gasteiger partial charge in [0.15, 0.2) is 6.29 Å². The van der Waals surface area contributed by atoms with Gasteiger partial charge in [-0.2, -0.15) is 5.10 Å². The highest BCUT2D eigenvalue weighted by Gasteiger charge is 2.07. The van der Waals surface area contributed by atoms with E-state index in [1.807, 2.05) is 31.6 Å². The van der Waals surface area contributed by atoms with Gasteiger partial charge in [-0.05, 0) is 19.9 Å². The first-order chi connectivity index (χ1) is 7.77. The highest BCUT2D eigenvalue weighted by Crippen LogP contribution is 1.97. The van der Waals surface area contributed by atoms with E-state index in [1.165, 1.54) is 0 Å². The number of rotatable bonds is 8. The number of aromatic nitrogens is 2. The van der Waals surface area contributed by atoms with Crippen molar-refractivity contribution < 1.29 is 9.47 Å². The third-order valence-corrected chi connectivity index (χ3v) is 2.24. The Hall–Kier alpha value is -0.910. The molecular formula is C11H21N3O2. The van der Waals surface area contributed by atoms with Gasteiger partial charge >= 0.3 is 0 Å². The van der Waals surface area contributed by atoms with E-state index in [9.17, 15) is 0 Å². The van der Waals surface area contributed by atoms with Crippen molar-refractivity contribution in [2.24, 2.45) is 7.05 Å². The van der Waals surface area contributed by atoms with Gasteiger partial charge in [0.05, 0.1) is 5.69 Å². The zero-order chi connectivity index (χ0) is 11.8. The van der Waals surface area contributed by atoms with Gasteiger partial charge in [0.1, 0.15) is 0 Å². The minimum atomic E-state index is -0.164. The number of hydrogen-bond acceptors (Lipinski definition) is 4. The quantitative estimate of drug-likeness (QED) is 0.671. The Balaban J connectivity index is 2.24. The Morgan fingerprint density at radius 3 is 2.56 bits per heavy atom. The van der Waals surface area contributed by atoms with E-state index in [0.29, 0.717) is 19.8 Å². The third-order valence-electron chi connectivity index (χ3n) is 2.24. The number of nitrogens with zero attached hydrogens (tertiary/aromatic N) is 2. The molecule has 0 saturated carbocycles. The van der Waals surface area contributed by atoms with Crippen LogP contribution in [-0.4, -0.2) is 35.8 Å². The molecule has 0 aliphatic heterocycles. The van der Waals surface area contributed by atoms with E-state index < -0.39 is 0 Å². The topological polar surface area (TPSA) is 48.3 Å². The molecule has 0 aliphatic carbocycles.